The molecule has 0 rings (SSSR count). The van der Waals surface area contributed by atoms with E-state index in [9.17, 15) is 14.4 Å². The van der Waals surface area contributed by atoms with Crippen LogP contribution in [0.3, 0.4) is 0 Å². The van der Waals surface area contributed by atoms with E-state index in [1.807, 2.05) is 6.92 Å². The number of aliphatic carboxylic acids is 1. The highest BCUT2D eigenvalue weighted by Gasteiger charge is 2.15. The number of carbonyl (C=O) groups excluding carboxylic acids is 2. The van der Waals surface area contributed by atoms with E-state index < -0.39 is 5.97 Å². The Morgan fingerprint density at radius 3 is 2.29 bits per heavy atom. The summed E-state index contributed by atoms with van der Waals surface area (Å²) in [4.78, 5) is 34.2. The number of nitrogens with one attached hydrogen (secondary N) is 1. The lowest BCUT2D eigenvalue weighted by molar-refractivity contribution is -0.139. The van der Waals surface area contributed by atoms with Crippen LogP contribution in [0.5, 0.6) is 0 Å². The van der Waals surface area contributed by atoms with Crippen LogP contribution >= 0.6 is 0 Å². The van der Waals surface area contributed by atoms with Crippen LogP contribution in [-0.4, -0.2) is 53.8 Å². The second-order valence-electron chi connectivity index (χ2n) is 3.94. The Labute approximate surface area is 101 Å². The standard InChI is InChI=1S/C11H20N2O4/c1-3-4-5-12-10(15)7-13(6-9(2)14)8-11(16)17/h3-8H2,1-2H3,(H,12,15)(H,16,17). The summed E-state index contributed by atoms with van der Waals surface area (Å²) in [5, 5.41) is 11.3. The Morgan fingerprint density at radius 2 is 1.82 bits per heavy atom. The number of amides is 1. The molecule has 0 spiro atoms. The van der Waals surface area contributed by atoms with E-state index in [-0.39, 0.29) is 31.3 Å². The van der Waals surface area contributed by atoms with Gasteiger partial charge in [-0.25, -0.2) is 0 Å². The average Bonchev–Trinajstić information content (AvgIpc) is 2.15. The van der Waals surface area contributed by atoms with Crippen LogP contribution < -0.4 is 5.32 Å². The van der Waals surface area contributed by atoms with E-state index in [1.54, 1.807) is 0 Å². The number of hydrogen-bond donors (Lipinski definition) is 2. The SMILES string of the molecule is CCCCNC(=O)CN(CC(C)=O)CC(=O)O. The first kappa shape index (κ1) is 15.6. The molecule has 1 amide bonds. The monoisotopic (exact) mass is 244 g/mol. The Balaban J connectivity index is 4.07. The summed E-state index contributed by atoms with van der Waals surface area (Å²) in [6, 6.07) is 0. The molecule has 0 radical (unpaired) electrons. The molecule has 0 heterocycles. The molecule has 0 fully saturated rings. The molecule has 0 aliphatic carbocycles. The van der Waals surface area contributed by atoms with Gasteiger partial charge in [0.15, 0.2) is 0 Å². The minimum absolute atomic E-state index is 0.0203. The Morgan fingerprint density at radius 1 is 1.18 bits per heavy atom. The minimum Gasteiger partial charge on any atom is -0.480 e. The van der Waals surface area contributed by atoms with Crippen LogP contribution in [0.15, 0.2) is 0 Å². The van der Waals surface area contributed by atoms with E-state index >= 15 is 0 Å². The van der Waals surface area contributed by atoms with E-state index in [0.29, 0.717) is 6.54 Å². The lowest BCUT2D eigenvalue weighted by Gasteiger charge is -2.17. The lowest BCUT2D eigenvalue weighted by Crippen LogP contribution is -2.42. The van der Waals surface area contributed by atoms with Gasteiger partial charge in [-0.1, -0.05) is 13.3 Å². The molecule has 98 valence electrons. The molecule has 0 aromatic rings. The number of carboxylic acid groups (broad SMARTS) is 1. The number of carboxylic acids is 1. The molecule has 0 aromatic carbocycles. The molecule has 6 heteroatoms. The van der Waals surface area contributed by atoms with Crippen molar-refractivity contribution in [3.63, 3.8) is 0 Å². The molecule has 0 aliphatic rings. The minimum atomic E-state index is -1.05. The largest absolute Gasteiger partial charge is 0.480 e. The van der Waals surface area contributed by atoms with Crippen LogP contribution in [0.2, 0.25) is 0 Å². The first-order chi connectivity index (χ1) is 7.95. The number of ketones is 1. The third-order valence-electron chi connectivity index (χ3n) is 2.02. The molecule has 0 unspecified atom stereocenters. The maximum atomic E-state index is 11.4. The molecule has 0 atom stereocenters. The summed E-state index contributed by atoms with van der Waals surface area (Å²) < 4.78 is 0. The highest BCUT2D eigenvalue weighted by atomic mass is 16.4. The summed E-state index contributed by atoms with van der Waals surface area (Å²) in [5.74, 6) is -1.46. The number of nitrogens with zero attached hydrogens (tertiary/aromatic N) is 1. The first-order valence-electron chi connectivity index (χ1n) is 5.66. The first-order valence-corrected chi connectivity index (χ1v) is 5.66. The van der Waals surface area contributed by atoms with Gasteiger partial charge in [0.05, 0.1) is 19.6 Å². The highest BCUT2D eigenvalue weighted by Crippen LogP contribution is 1.90. The van der Waals surface area contributed by atoms with Gasteiger partial charge in [0.1, 0.15) is 5.78 Å². The van der Waals surface area contributed by atoms with Crippen molar-refractivity contribution in [2.45, 2.75) is 26.7 Å². The van der Waals surface area contributed by atoms with Crippen molar-refractivity contribution in [3.05, 3.63) is 0 Å². The molecular formula is C11H20N2O4. The van der Waals surface area contributed by atoms with E-state index in [2.05, 4.69) is 5.32 Å². The molecule has 2 N–H and O–H groups in total. The van der Waals surface area contributed by atoms with Crippen molar-refractivity contribution >= 4 is 17.7 Å². The van der Waals surface area contributed by atoms with Gasteiger partial charge >= 0.3 is 5.97 Å². The summed E-state index contributed by atoms with van der Waals surface area (Å²) in [6.45, 7) is 3.57. The summed E-state index contributed by atoms with van der Waals surface area (Å²) in [5.41, 5.74) is 0. The fourth-order valence-electron chi connectivity index (χ4n) is 1.34. The molecule has 0 aliphatic heterocycles. The van der Waals surface area contributed by atoms with Gasteiger partial charge < -0.3 is 10.4 Å². The number of unbranched alkanes of at least 4 members (excludes halogenated alkanes) is 1. The Bertz CT molecular complexity index is 263. The normalized spacial score (nSPS) is 10.3. The molecule has 0 aromatic heterocycles. The fourth-order valence-corrected chi connectivity index (χ4v) is 1.34. The molecule has 0 saturated heterocycles. The zero-order valence-corrected chi connectivity index (χ0v) is 10.4. The topological polar surface area (TPSA) is 86.7 Å². The number of rotatable bonds is 9. The Hall–Kier alpha value is -1.43. The van der Waals surface area contributed by atoms with Crippen molar-refractivity contribution in [1.82, 2.24) is 10.2 Å². The van der Waals surface area contributed by atoms with Crippen molar-refractivity contribution < 1.29 is 19.5 Å². The molecule has 17 heavy (non-hydrogen) atoms. The molecule has 6 nitrogen and oxygen atoms in total. The second-order valence-corrected chi connectivity index (χ2v) is 3.94. The third kappa shape index (κ3) is 9.50. The highest BCUT2D eigenvalue weighted by molar-refractivity contribution is 5.82. The third-order valence-corrected chi connectivity index (χ3v) is 2.02. The Kier molecular flexibility index (Phi) is 7.96. The summed E-state index contributed by atoms with van der Waals surface area (Å²) in [7, 11) is 0. The number of hydrogen-bond acceptors (Lipinski definition) is 4. The fraction of sp³-hybridized carbons (Fsp3) is 0.727. The zero-order chi connectivity index (χ0) is 13.3. The van der Waals surface area contributed by atoms with Crippen LogP contribution in [0.25, 0.3) is 0 Å². The molecule has 0 saturated carbocycles. The van der Waals surface area contributed by atoms with E-state index in [1.165, 1.54) is 11.8 Å². The van der Waals surface area contributed by atoms with Gasteiger partial charge in [-0.2, -0.15) is 0 Å². The van der Waals surface area contributed by atoms with Crippen LogP contribution in [0.1, 0.15) is 26.7 Å². The van der Waals surface area contributed by atoms with Gasteiger partial charge in [0.25, 0.3) is 0 Å². The van der Waals surface area contributed by atoms with Crippen molar-refractivity contribution in [2.75, 3.05) is 26.2 Å². The summed E-state index contributed by atoms with van der Waals surface area (Å²) >= 11 is 0. The van der Waals surface area contributed by atoms with Crippen LogP contribution in [-0.2, 0) is 14.4 Å². The smallest absolute Gasteiger partial charge is 0.317 e. The lowest BCUT2D eigenvalue weighted by atomic mass is 10.3. The van der Waals surface area contributed by atoms with Crippen molar-refractivity contribution in [1.29, 1.82) is 0 Å². The predicted octanol–water partition coefficient (Wildman–Crippen LogP) is -0.122. The van der Waals surface area contributed by atoms with Crippen molar-refractivity contribution in [2.24, 2.45) is 0 Å². The van der Waals surface area contributed by atoms with E-state index in [0.717, 1.165) is 12.8 Å². The van der Waals surface area contributed by atoms with Crippen LogP contribution in [0, 0.1) is 0 Å². The van der Waals surface area contributed by atoms with Gasteiger partial charge in [-0.3, -0.25) is 19.3 Å². The quantitative estimate of drug-likeness (QED) is 0.552. The predicted molar refractivity (Wildman–Crippen MR) is 62.7 cm³/mol. The van der Waals surface area contributed by atoms with Gasteiger partial charge in [0.2, 0.25) is 5.91 Å². The maximum Gasteiger partial charge on any atom is 0.317 e. The van der Waals surface area contributed by atoms with Gasteiger partial charge in [-0.15, -0.1) is 0 Å². The van der Waals surface area contributed by atoms with Gasteiger partial charge in [0, 0.05) is 6.54 Å². The number of Topliss-reactive ketones (excluding diaryl/α,β-unsaturated/α-hetero) is 1. The maximum absolute atomic E-state index is 11.4. The molecular weight excluding hydrogens is 224 g/mol. The number of carbonyl (C=O) groups is 3. The average molecular weight is 244 g/mol. The second kappa shape index (κ2) is 8.69. The molecule has 0 bridgehead atoms. The zero-order valence-electron chi connectivity index (χ0n) is 10.4. The summed E-state index contributed by atoms with van der Waals surface area (Å²) in [6.07, 6.45) is 1.87. The van der Waals surface area contributed by atoms with E-state index in [4.69, 9.17) is 5.11 Å². The van der Waals surface area contributed by atoms with Crippen molar-refractivity contribution in [3.8, 4) is 0 Å². The van der Waals surface area contributed by atoms with Gasteiger partial charge in [-0.05, 0) is 13.3 Å². The van der Waals surface area contributed by atoms with Crippen LogP contribution in [0.4, 0.5) is 0 Å².